The van der Waals surface area contributed by atoms with Gasteiger partial charge in [-0.2, -0.15) is 26.3 Å². The first-order chi connectivity index (χ1) is 12.9. The Bertz CT molecular complexity index is 838. The molecule has 1 aromatic heterocycles. The number of nitrogens with one attached hydrogen (secondary N) is 2. The lowest BCUT2D eigenvalue weighted by Crippen LogP contribution is -2.32. The van der Waals surface area contributed by atoms with Gasteiger partial charge in [0.15, 0.2) is 0 Å². The summed E-state index contributed by atoms with van der Waals surface area (Å²) in [6.07, 6.45) is -9.00. The molecule has 2 N–H and O–H groups in total. The summed E-state index contributed by atoms with van der Waals surface area (Å²) < 4.78 is 77.4. The van der Waals surface area contributed by atoms with Crippen molar-refractivity contribution in [2.45, 2.75) is 32.2 Å². The molecule has 0 aliphatic rings. The summed E-state index contributed by atoms with van der Waals surface area (Å²) >= 11 is 11.6. The third-order valence-electron chi connectivity index (χ3n) is 3.59. The molecule has 152 valence electrons. The summed E-state index contributed by atoms with van der Waals surface area (Å²) in [6.45, 7) is 2.36. The molecule has 11 heteroatoms. The Morgan fingerprint density at radius 2 is 1.50 bits per heavy atom. The first kappa shape index (κ1) is 22.6. The van der Waals surface area contributed by atoms with Crippen molar-refractivity contribution >= 4 is 51.4 Å². The Morgan fingerprint density at radius 3 is 1.96 bits per heavy atom. The van der Waals surface area contributed by atoms with Gasteiger partial charge in [0.25, 0.3) is 0 Å². The van der Waals surface area contributed by atoms with Crippen molar-refractivity contribution in [3.8, 4) is 0 Å². The Morgan fingerprint density at radius 1 is 0.929 bits per heavy atom. The number of halogens is 6. The van der Waals surface area contributed by atoms with Gasteiger partial charge in [-0.3, -0.25) is 0 Å². The fraction of sp³-hybridized carbons (Fsp3) is 0.294. The highest BCUT2D eigenvalue weighted by molar-refractivity contribution is 7.89. The van der Waals surface area contributed by atoms with Crippen LogP contribution in [-0.2, 0) is 25.3 Å². The van der Waals surface area contributed by atoms with E-state index in [9.17, 15) is 26.3 Å². The van der Waals surface area contributed by atoms with Gasteiger partial charge in [0, 0.05) is 10.6 Å². The minimum absolute atomic E-state index is 0.0208. The predicted molar refractivity (Wildman–Crippen MR) is 106 cm³/mol. The van der Waals surface area contributed by atoms with Crippen LogP contribution in [0.25, 0.3) is 0 Å². The van der Waals surface area contributed by atoms with Gasteiger partial charge >= 0.3 is 12.4 Å². The first-order valence-electron chi connectivity index (χ1n) is 7.85. The summed E-state index contributed by atoms with van der Waals surface area (Å²) in [5.74, 6) is 0. The van der Waals surface area contributed by atoms with Crippen LogP contribution >= 0.6 is 35.8 Å². The van der Waals surface area contributed by atoms with Crippen LogP contribution in [0.2, 0.25) is 0 Å². The number of anilines is 1. The van der Waals surface area contributed by atoms with E-state index >= 15 is 0 Å². The van der Waals surface area contributed by atoms with Gasteiger partial charge in [-0.25, -0.2) is 0 Å². The second-order valence-electron chi connectivity index (χ2n) is 5.71. The average Bonchev–Trinajstić information content (AvgIpc) is 3.06. The maximum absolute atomic E-state index is 12.9. The van der Waals surface area contributed by atoms with Crippen LogP contribution in [0.5, 0.6) is 0 Å². The molecule has 28 heavy (non-hydrogen) atoms. The lowest BCUT2D eigenvalue weighted by molar-refractivity contribution is -0.143. The van der Waals surface area contributed by atoms with Crippen molar-refractivity contribution < 1.29 is 26.3 Å². The van der Waals surface area contributed by atoms with Crippen LogP contribution in [0, 0.1) is 0 Å². The van der Waals surface area contributed by atoms with E-state index in [4.69, 9.17) is 24.4 Å². The molecule has 0 spiro atoms. The molecule has 1 aromatic carbocycles. The van der Waals surface area contributed by atoms with Gasteiger partial charge in [0.2, 0.25) is 0 Å². The van der Waals surface area contributed by atoms with Crippen LogP contribution in [0.3, 0.4) is 0 Å². The van der Waals surface area contributed by atoms with Crippen molar-refractivity contribution in [1.82, 2.24) is 5.32 Å². The Labute approximate surface area is 171 Å². The molecule has 0 saturated carbocycles. The van der Waals surface area contributed by atoms with Crippen LogP contribution in [0.15, 0.2) is 29.6 Å². The highest BCUT2D eigenvalue weighted by atomic mass is 32.1. The van der Waals surface area contributed by atoms with Crippen LogP contribution in [-0.4, -0.2) is 9.98 Å². The van der Waals surface area contributed by atoms with Gasteiger partial charge in [0.1, 0.15) is 9.98 Å². The van der Waals surface area contributed by atoms with Crippen molar-refractivity contribution in [1.29, 1.82) is 0 Å². The van der Waals surface area contributed by atoms with E-state index in [1.165, 1.54) is 11.3 Å². The summed E-state index contributed by atoms with van der Waals surface area (Å²) in [4.78, 5) is 0.822. The maximum Gasteiger partial charge on any atom is 0.416 e. The Balaban J connectivity index is 2.12. The molecular weight excluding hydrogens is 442 g/mol. The standard InChI is InChI=1S/C17H14F6N2S3/c1-2-9-3-13(28-8-9)7-24-14(26)15(27)25-12-5-10(16(18,19)20)4-11(6-12)17(21,22)23/h3-6,8H,2,7H2,1H3,(H,24,26)(H,25,27). The SMILES string of the molecule is CCc1csc(CNC(=S)C(=S)Nc2cc(C(F)(F)F)cc(C(F)(F)F)c2)c1. The van der Waals surface area contributed by atoms with Crippen LogP contribution in [0.1, 0.15) is 28.5 Å². The quantitative estimate of drug-likeness (QED) is 0.422. The number of benzene rings is 1. The molecular formula is C17H14F6N2S3. The average molecular weight is 457 g/mol. The molecule has 0 bridgehead atoms. The zero-order valence-electron chi connectivity index (χ0n) is 14.3. The number of hydrogen-bond donors (Lipinski definition) is 2. The third kappa shape index (κ3) is 6.14. The van der Waals surface area contributed by atoms with E-state index in [-0.39, 0.29) is 16.0 Å². The molecule has 0 aliphatic carbocycles. The largest absolute Gasteiger partial charge is 0.416 e. The Kier molecular flexibility index (Phi) is 7.05. The van der Waals surface area contributed by atoms with E-state index in [1.54, 1.807) is 0 Å². The highest BCUT2D eigenvalue weighted by Gasteiger charge is 2.37. The zero-order valence-corrected chi connectivity index (χ0v) is 16.7. The minimum Gasteiger partial charge on any atom is -0.369 e. The molecule has 2 nitrogen and oxygen atoms in total. The molecule has 0 unspecified atom stereocenters. The second kappa shape index (κ2) is 8.75. The van der Waals surface area contributed by atoms with Crippen molar-refractivity contribution in [3.63, 3.8) is 0 Å². The number of thiocarbonyl (C=S) groups is 2. The number of rotatable bonds is 4. The van der Waals surface area contributed by atoms with E-state index in [1.807, 2.05) is 18.4 Å². The number of thiophene rings is 1. The molecule has 0 amide bonds. The van der Waals surface area contributed by atoms with E-state index in [2.05, 4.69) is 10.6 Å². The number of hydrogen-bond acceptors (Lipinski definition) is 3. The second-order valence-corrected chi connectivity index (χ2v) is 7.52. The van der Waals surface area contributed by atoms with Crippen molar-refractivity contribution in [3.05, 3.63) is 51.2 Å². The topological polar surface area (TPSA) is 24.1 Å². The Hall–Kier alpha value is -1.72. The van der Waals surface area contributed by atoms with Crippen LogP contribution in [0.4, 0.5) is 32.0 Å². The zero-order chi connectivity index (χ0) is 21.1. The monoisotopic (exact) mass is 456 g/mol. The number of aryl methyl sites for hydroxylation is 1. The molecule has 1 heterocycles. The molecule has 2 rings (SSSR count). The van der Waals surface area contributed by atoms with E-state index in [0.717, 1.165) is 16.9 Å². The minimum atomic E-state index is -4.94. The lowest BCUT2D eigenvalue weighted by Gasteiger charge is -2.16. The van der Waals surface area contributed by atoms with Crippen LogP contribution < -0.4 is 10.6 Å². The van der Waals surface area contributed by atoms with Gasteiger partial charge in [-0.1, -0.05) is 31.4 Å². The number of alkyl halides is 6. The molecule has 0 saturated heterocycles. The molecule has 0 aliphatic heterocycles. The van der Waals surface area contributed by atoms with E-state index in [0.29, 0.717) is 18.7 Å². The fourth-order valence-corrected chi connectivity index (χ4v) is 3.39. The van der Waals surface area contributed by atoms with E-state index < -0.39 is 29.2 Å². The predicted octanol–water partition coefficient (Wildman–Crippen LogP) is 6.20. The van der Waals surface area contributed by atoms with Crippen molar-refractivity contribution in [2.24, 2.45) is 0 Å². The van der Waals surface area contributed by atoms with Gasteiger partial charge in [-0.05, 0) is 41.6 Å². The van der Waals surface area contributed by atoms with Gasteiger partial charge in [0.05, 0.1) is 17.7 Å². The molecule has 2 aromatic rings. The summed E-state index contributed by atoms with van der Waals surface area (Å²) in [5.41, 5.74) is -2.16. The van der Waals surface area contributed by atoms with Gasteiger partial charge < -0.3 is 10.6 Å². The van der Waals surface area contributed by atoms with Crippen molar-refractivity contribution in [2.75, 3.05) is 5.32 Å². The summed E-state index contributed by atoms with van der Waals surface area (Å²) in [6, 6.07) is 3.12. The normalized spacial score (nSPS) is 12.0. The molecule has 0 atom stereocenters. The van der Waals surface area contributed by atoms with Gasteiger partial charge in [-0.15, -0.1) is 11.3 Å². The summed E-state index contributed by atoms with van der Waals surface area (Å²) in [5, 5.41) is 7.17. The fourth-order valence-electron chi connectivity index (χ4n) is 2.17. The first-order valence-corrected chi connectivity index (χ1v) is 9.54. The third-order valence-corrected chi connectivity index (χ3v) is 5.36. The molecule has 0 fully saturated rings. The highest BCUT2D eigenvalue weighted by Crippen LogP contribution is 2.37. The smallest absolute Gasteiger partial charge is 0.369 e. The maximum atomic E-state index is 12.9. The lowest BCUT2D eigenvalue weighted by atomic mass is 10.1. The molecule has 0 radical (unpaired) electrons. The summed E-state index contributed by atoms with van der Waals surface area (Å²) in [7, 11) is 0.